The zero-order chi connectivity index (χ0) is 11.3. The third-order valence-corrected chi connectivity index (χ3v) is 1.81. The molecule has 0 atom stereocenters. The fraction of sp³-hybridized carbons (Fsp3) is 0.250. The molecule has 1 aromatic rings. The number of carbonyl (C=O) groups excluding carboxylic acids is 1. The molecule has 0 radical (unpaired) electrons. The molecule has 3 nitrogen and oxygen atoms in total. The molecule has 1 rings (SSSR count). The second kappa shape index (κ2) is 5.32. The average Bonchev–Trinajstić information content (AvgIpc) is 2.17. The number of hydrogen-bond acceptors (Lipinski definition) is 3. The summed E-state index contributed by atoms with van der Waals surface area (Å²) < 4.78 is 0. The van der Waals surface area contributed by atoms with E-state index in [1.165, 1.54) is 0 Å². The summed E-state index contributed by atoms with van der Waals surface area (Å²) in [6.45, 7) is 1.86. The molecule has 15 heavy (non-hydrogen) atoms. The molecule has 0 heterocycles. The maximum atomic E-state index is 11.7. The first-order valence-corrected chi connectivity index (χ1v) is 4.81. The third-order valence-electron chi connectivity index (χ3n) is 1.81. The van der Waals surface area contributed by atoms with Crippen molar-refractivity contribution in [2.45, 2.75) is 6.92 Å². The van der Waals surface area contributed by atoms with Crippen LogP contribution in [0.25, 0.3) is 0 Å². The molecular weight excluding hydrogens is 188 g/mol. The number of hydrazine groups is 1. The lowest BCUT2D eigenvalue weighted by Crippen LogP contribution is -2.28. The Morgan fingerprint density at radius 2 is 1.87 bits per heavy atom. The quantitative estimate of drug-likeness (QED) is 0.461. The molecule has 3 heteroatoms. The van der Waals surface area contributed by atoms with Crippen LogP contribution in [0.2, 0.25) is 0 Å². The van der Waals surface area contributed by atoms with Gasteiger partial charge in [-0.15, -0.1) is 0 Å². The lowest BCUT2D eigenvalue weighted by atomic mass is 10.1. The Hall–Kier alpha value is -1.61. The first kappa shape index (κ1) is 11.5. The van der Waals surface area contributed by atoms with Gasteiger partial charge in [-0.1, -0.05) is 30.3 Å². The molecule has 0 aromatic heterocycles. The van der Waals surface area contributed by atoms with Crippen LogP contribution in [0.4, 0.5) is 0 Å². The largest absolute Gasteiger partial charge is 0.324 e. The van der Waals surface area contributed by atoms with Gasteiger partial charge in [0.15, 0.2) is 5.78 Å². The van der Waals surface area contributed by atoms with Gasteiger partial charge in [0.05, 0.1) is 0 Å². The van der Waals surface area contributed by atoms with Gasteiger partial charge in [0.25, 0.3) is 0 Å². The van der Waals surface area contributed by atoms with Crippen molar-refractivity contribution in [2.75, 3.05) is 14.1 Å². The van der Waals surface area contributed by atoms with E-state index in [0.717, 1.165) is 5.70 Å². The Balaban J connectivity index is 2.71. The van der Waals surface area contributed by atoms with Crippen LogP contribution in [0.3, 0.4) is 0 Å². The van der Waals surface area contributed by atoms with Gasteiger partial charge in [0, 0.05) is 31.4 Å². The van der Waals surface area contributed by atoms with Crippen LogP contribution >= 0.6 is 0 Å². The number of allylic oxidation sites excluding steroid dienone is 2. The highest BCUT2D eigenvalue weighted by Crippen LogP contribution is 2.02. The van der Waals surface area contributed by atoms with Crippen molar-refractivity contribution in [1.82, 2.24) is 10.4 Å². The SMILES string of the molecule is C/C(=C/C(=O)c1ccccc1)NN(C)C. The topological polar surface area (TPSA) is 32.3 Å². The molecule has 0 saturated heterocycles. The number of benzene rings is 1. The van der Waals surface area contributed by atoms with Crippen molar-refractivity contribution in [3.8, 4) is 0 Å². The highest BCUT2D eigenvalue weighted by molar-refractivity contribution is 6.04. The fourth-order valence-electron chi connectivity index (χ4n) is 1.27. The Bertz CT molecular complexity index is 355. The molecule has 80 valence electrons. The lowest BCUT2D eigenvalue weighted by Gasteiger charge is -2.13. The number of ketones is 1. The molecule has 1 aromatic carbocycles. The number of carbonyl (C=O) groups is 1. The summed E-state index contributed by atoms with van der Waals surface area (Å²) in [5.74, 6) is 0.0162. The molecule has 1 N–H and O–H groups in total. The van der Waals surface area contributed by atoms with E-state index in [2.05, 4.69) is 5.43 Å². The standard InChI is InChI=1S/C12H16N2O/c1-10(13-14(2)3)9-12(15)11-7-5-4-6-8-11/h4-9,13H,1-3H3/b10-9-. The summed E-state index contributed by atoms with van der Waals surface area (Å²) in [5.41, 5.74) is 4.55. The van der Waals surface area contributed by atoms with Crippen molar-refractivity contribution >= 4 is 5.78 Å². The molecule has 0 aliphatic heterocycles. The van der Waals surface area contributed by atoms with E-state index in [4.69, 9.17) is 0 Å². The first-order valence-electron chi connectivity index (χ1n) is 4.81. The lowest BCUT2D eigenvalue weighted by molar-refractivity contribution is 0.104. The molecule has 0 spiro atoms. The van der Waals surface area contributed by atoms with Crippen molar-refractivity contribution in [2.24, 2.45) is 0 Å². The van der Waals surface area contributed by atoms with E-state index in [1.807, 2.05) is 51.4 Å². The van der Waals surface area contributed by atoms with Crippen LogP contribution in [0, 0.1) is 0 Å². The van der Waals surface area contributed by atoms with Gasteiger partial charge in [0.2, 0.25) is 0 Å². The van der Waals surface area contributed by atoms with E-state index in [-0.39, 0.29) is 5.78 Å². The van der Waals surface area contributed by atoms with E-state index < -0.39 is 0 Å². The van der Waals surface area contributed by atoms with Crippen molar-refractivity contribution in [3.63, 3.8) is 0 Å². The zero-order valence-electron chi connectivity index (χ0n) is 9.32. The second-order valence-corrected chi connectivity index (χ2v) is 3.56. The molecular formula is C12H16N2O. The van der Waals surface area contributed by atoms with Gasteiger partial charge in [-0.2, -0.15) is 0 Å². The van der Waals surface area contributed by atoms with Gasteiger partial charge < -0.3 is 5.43 Å². The van der Waals surface area contributed by atoms with Gasteiger partial charge in [-0.05, 0) is 6.92 Å². The van der Waals surface area contributed by atoms with Crippen molar-refractivity contribution in [3.05, 3.63) is 47.7 Å². The molecule has 0 bridgehead atoms. The average molecular weight is 204 g/mol. The van der Waals surface area contributed by atoms with Crippen LogP contribution in [0.15, 0.2) is 42.1 Å². The monoisotopic (exact) mass is 204 g/mol. The Morgan fingerprint density at radius 1 is 1.27 bits per heavy atom. The van der Waals surface area contributed by atoms with Gasteiger partial charge in [-0.25, -0.2) is 5.01 Å². The molecule has 0 aliphatic carbocycles. The van der Waals surface area contributed by atoms with Crippen LogP contribution in [-0.4, -0.2) is 24.9 Å². The number of nitrogens with zero attached hydrogens (tertiary/aromatic N) is 1. The predicted octanol–water partition coefficient (Wildman–Crippen LogP) is 1.84. The van der Waals surface area contributed by atoms with E-state index in [9.17, 15) is 4.79 Å². The van der Waals surface area contributed by atoms with E-state index >= 15 is 0 Å². The maximum absolute atomic E-state index is 11.7. The van der Waals surface area contributed by atoms with Crippen molar-refractivity contribution < 1.29 is 4.79 Å². The van der Waals surface area contributed by atoms with Gasteiger partial charge in [0.1, 0.15) is 0 Å². The summed E-state index contributed by atoms with van der Waals surface area (Å²) >= 11 is 0. The van der Waals surface area contributed by atoms with Crippen LogP contribution in [0.1, 0.15) is 17.3 Å². The summed E-state index contributed by atoms with van der Waals surface area (Å²) in [5, 5.41) is 1.80. The molecule has 0 aliphatic rings. The van der Waals surface area contributed by atoms with E-state index in [1.54, 1.807) is 11.1 Å². The summed E-state index contributed by atoms with van der Waals surface area (Å²) in [6, 6.07) is 9.22. The highest BCUT2D eigenvalue weighted by Gasteiger charge is 2.01. The summed E-state index contributed by atoms with van der Waals surface area (Å²) in [4.78, 5) is 11.7. The van der Waals surface area contributed by atoms with Crippen LogP contribution < -0.4 is 5.43 Å². The minimum absolute atomic E-state index is 0.0162. The molecule has 0 fully saturated rings. The minimum Gasteiger partial charge on any atom is -0.324 e. The fourth-order valence-corrected chi connectivity index (χ4v) is 1.27. The smallest absolute Gasteiger partial charge is 0.187 e. The zero-order valence-corrected chi connectivity index (χ0v) is 9.32. The molecule has 0 saturated carbocycles. The highest BCUT2D eigenvalue weighted by atomic mass is 16.1. The minimum atomic E-state index is 0.0162. The number of nitrogens with one attached hydrogen (secondary N) is 1. The molecule has 0 amide bonds. The van der Waals surface area contributed by atoms with Crippen LogP contribution in [0.5, 0.6) is 0 Å². The number of hydrogen-bond donors (Lipinski definition) is 1. The Labute approximate surface area is 90.4 Å². The summed E-state index contributed by atoms with van der Waals surface area (Å²) in [6.07, 6.45) is 1.59. The first-order chi connectivity index (χ1) is 7.09. The Kier molecular flexibility index (Phi) is 4.06. The molecule has 0 unspecified atom stereocenters. The predicted molar refractivity (Wildman–Crippen MR) is 61.4 cm³/mol. The number of rotatable bonds is 4. The van der Waals surface area contributed by atoms with Crippen molar-refractivity contribution in [1.29, 1.82) is 0 Å². The Morgan fingerprint density at radius 3 is 2.40 bits per heavy atom. The maximum Gasteiger partial charge on any atom is 0.187 e. The van der Waals surface area contributed by atoms with Gasteiger partial charge in [-0.3, -0.25) is 4.79 Å². The van der Waals surface area contributed by atoms with Crippen LogP contribution in [-0.2, 0) is 0 Å². The van der Waals surface area contributed by atoms with E-state index in [0.29, 0.717) is 5.56 Å². The second-order valence-electron chi connectivity index (χ2n) is 3.56. The summed E-state index contributed by atoms with van der Waals surface area (Å²) in [7, 11) is 3.76. The third kappa shape index (κ3) is 3.95. The van der Waals surface area contributed by atoms with Gasteiger partial charge >= 0.3 is 0 Å². The normalized spacial score (nSPS) is 11.6.